The molecule has 0 bridgehead atoms. The van der Waals surface area contributed by atoms with Crippen LogP contribution in [-0.2, 0) is 11.3 Å². The zero-order chi connectivity index (χ0) is 16.4. The van der Waals surface area contributed by atoms with Crippen molar-refractivity contribution in [1.82, 2.24) is 20.2 Å². The number of hydrogen-bond acceptors (Lipinski definition) is 4. The zero-order valence-electron chi connectivity index (χ0n) is 14.5. The predicted octanol–water partition coefficient (Wildman–Crippen LogP) is 2.30. The number of nitrogens with one attached hydrogen (secondary N) is 1. The third kappa shape index (κ3) is 3.55. The van der Waals surface area contributed by atoms with Gasteiger partial charge >= 0.3 is 0 Å². The number of carbonyl (C=O) groups is 1. The molecule has 3 rings (SSSR count). The number of hydrogen-bond donors (Lipinski definition) is 1. The Hall–Kier alpha value is -1.49. The number of likely N-dealkylation sites (tertiary alicyclic amines) is 1. The summed E-state index contributed by atoms with van der Waals surface area (Å²) in [5.41, 5.74) is 1.35. The quantitative estimate of drug-likeness (QED) is 0.926. The molecule has 1 aromatic rings. The van der Waals surface area contributed by atoms with Crippen LogP contribution in [0.25, 0.3) is 0 Å². The summed E-state index contributed by atoms with van der Waals surface area (Å²) in [6, 6.07) is 0.224. The van der Waals surface area contributed by atoms with Crippen molar-refractivity contribution in [2.75, 3.05) is 13.1 Å². The van der Waals surface area contributed by atoms with Gasteiger partial charge in [0, 0.05) is 43.0 Å². The zero-order valence-corrected chi connectivity index (χ0v) is 14.5. The van der Waals surface area contributed by atoms with Gasteiger partial charge in [-0.3, -0.25) is 9.69 Å². The SMILES string of the molecule is Cc1ncc(CN2CCC3(CCCC3C(=O)NC(C)C)C2)cn1. The third-order valence-electron chi connectivity index (χ3n) is 5.36. The van der Waals surface area contributed by atoms with Crippen molar-refractivity contribution < 1.29 is 4.79 Å². The summed E-state index contributed by atoms with van der Waals surface area (Å²) in [4.78, 5) is 23.6. The molecule has 2 atom stereocenters. The van der Waals surface area contributed by atoms with E-state index in [1.54, 1.807) is 0 Å². The Morgan fingerprint density at radius 3 is 2.83 bits per heavy atom. The normalized spacial score (nSPS) is 27.9. The molecule has 1 aliphatic carbocycles. The third-order valence-corrected chi connectivity index (χ3v) is 5.36. The fourth-order valence-electron chi connectivity index (χ4n) is 4.30. The van der Waals surface area contributed by atoms with E-state index < -0.39 is 0 Å². The molecule has 1 saturated carbocycles. The van der Waals surface area contributed by atoms with Gasteiger partial charge in [-0.2, -0.15) is 0 Å². The van der Waals surface area contributed by atoms with Gasteiger partial charge in [0.05, 0.1) is 0 Å². The lowest BCUT2D eigenvalue weighted by molar-refractivity contribution is -0.128. The molecule has 5 nitrogen and oxygen atoms in total. The summed E-state index contributed by atoms with van der Waals surface area (Å²) >= 11 is 0. The summed E-state index contributed by atoms with van der Waals surface area (Å²) in [6.45, 7) is 8.97. The maximum Gasteiger partial charge on any atom is 0.223 e. The van der Waals surface area contributed by atoms with E-state index in [0.717, 1.165) is 43.9 Å². The average Bonchev–Trinajstić information content (AvgIpc) is 3.08. The maximum absolute atomic E-state index is 12.6. The topological polar surface area (TPSA) is 58.1 Å². The molecule has 1 aliphatic heterocycles. The highest BCUT2D eigenvalue weighted by Crippen LogP contribution is 2.50. The molecule has 23 heavy (non-hydrogen) atoms. The van der Waals surface area contributed by atoms with E-state index in [2.05, 4.69) is 20.2 Å². The highest BCUT2D eigenvalue weighted by Gasteiger charge is 2.50. The number of aryl methyl sites for hydroxylation is 1. The van der Waals surface area contributed by atoms with E-state index in [1.807, 2.05) is 33.2 Å². The molecule has 2 fully saturated rings. The predicted molar refractivity (Wildman–Crippen MR) is 89.7 cm³/mol. The van der Waals surface area contributed by atoms with Crippen LogP contribution in [0, 0.1) is 18.3 Å². The molecule has 2 heterocycles. The first-order valence-electron chi connectivity index (χ1n) is 8.79. The van der Waals surface area contributed by atoms with Crippen molar-refractivity contribution in [2.24, 2.45) is 11.3 Å². The molecule has 0 radical (unpaired) electrons. The van der Waals surface area contributed by atoms with Crippen molar-refractivity contribution in [3.63, 3.8) is 0 Å². The lowest BCUT2D eigenvalue weighted by Gasteiger charge is -2.31. The first-order valence-corrected chi connectivity index (χ1v) is 8.79. The Kier molecular flexibility index (Phi) is 4.67. The lowest BCUT2D eigenvalue weighted by atomic mass is 9.76. The largest absolute Gasteiger partial charge is 0.354 e. The van der Waals surface area contributed by atoms with E-state index in [0.29, 0.717) is 0 Å². The van der Waals surface area contributed by atoms with Crippen molar-refractivity contribution in [3.05, 3.63) is 23.8 Å². The van der Waals surface area contributed by atoms with Gasteiger partial charge in [0.2, 0.25) is 5.91 Å². The van der Waals surface area contributed by atoms with Crippen LogP contribution >= 0.6 is 0 Å². The van der Waals surface area contributed by atoms with Gasteiger partial charge in [0.25, 0.3) is 0 Å². The molecule has 1 spiro atoms. The summed E-state index contributed by atoms with van der Waals surface area (Å²) in [6.07, 6.45) is 8.38. The molecule has 1 amide bonds. The number of rotatable bonds is 4. The Labute approximate surface area is 138 Å². The van der Waals surface area contributed by atoms with Crippen LogP contribution in [-0.4, -0.2) is 39.9 Å². The van der Waals surface area contributed by atoms with Crippen LogP contribution in [0.5, 0.6) is 0 Å². The van der Waals surface area contributed by atoms with Gasteiger partial charge < -0.3 is 5.32 Å². The van der Waals surface area contributed by atoms with Crippen LogP contribution in [0.4, 0.5) is 0 Å². The molecule has 1 N–H and O–H groups in total. The summed E-state index contributed by atoms with van der Waals surface area (Å²) in [5, 5.41) is 3.13. The maximum atomic E-state index is 12.6. The summed E-state index contributed by atoms with van der Waals surface area (Å²) < 4.78 is 0. The Balaban J connectivity index is 1.65. The van der Waals surface area contributed by atoms with Gasteiger partial charge in [-0.25, -0.2) is 9.97 Å². The molecule has 5 heteroatoms. The van der Waals surface area contributed by atoms with Crippen LogP contribution in [0.1, 0.15) is 50.9 Å². The van der Waals surface area contributed by atoms with Gasteiger partial charge in [0.1, 0.15) is 5.82 Å². The van der Waals surface area contributed by atoms with Gasteiger partial charge in [-0.05, 0) is 52.0 Å². The Morgan fingerprint density at radius 1 is 1.39 bits per heavy atom. The van der Waals surface area contributed by atoms with Gasteiger partial charge in [-0.1, -0.05) is 6.42 Å². The minimum atomic E-state index is 0.184. The Bertz CT molecular complexity index is 557. The summed E-state index contributed by atoms with van der Waals surface area (Å²) in [5.74, 6) is 1.26. The second-order valence-electron chi connectivity index (χ2n) is 7.57. The molecule has 0 aromatic carbocycles. The highest BCUT2D eigenvalue weighted by atomic mass is 16.2. The van der Waals surface area contributed by atoms with E-state index in [1.165, 1.54) is 12.8 Å². The monoisotopic (exact) mass is 316 g/mol. The van der Waals surface area contributed by atoms with E-state index >= 15 is 0 Å². The summed E-state index contributed by atoms with van der Waals surface area (Å²) in [7, 11) is 0. The van der Waals surface area contributed by atoms with Crippen LogP contribution in [0.2, 0.25) is 0 Å². The second kappa shape index (κ2) is 6.56. The molecule has 2 aliphatic rings. The molecular formula is C18H28N4O. The fraction of sp³-hybridized carbons (Fsp3) is 0.722. The van der Waals surface area contributed by atoms with Crippen molar-refractivity contribution in [3.8, 4) is 0 Å². The van der Waals surface area contributed by atoms with Crippen LogP contribution < -0.4 is 5.32 Å². The number of carbonyl (C=O) groups excluding carboxylic acids is 1. The lowest BCUT2D eigenvalue weighted by Crippen LogP contribution is -2.42. The standard InChI is InChI=1S/C18H28N4O/c1-13(2)21-17(23)16-5-4-6-18(16)7-8-22(12-18)11-15-9-19-14(3)20-10-15/h9-10,13,16H,4-8,11-12H2,1-3H3,(H,21,23). The van der Waals surface area contributed by atoms with Gasteiger partial charge in [-0.15, -0.1) is 0 Å². The van der Waals surface area contributed by atoms with Crippen LogP contribution in [0.3, 0.4) is 0 Å². The molecule has 126 valence electrons. The molecule has 1 aromatic heterocycles. The molecular weight excluding hydrogens is 288 g/mol. The van der Waals surface area contributed by atoms with Crippen molar-refractivity contribution in [1.29, 1.82) is 0 Å². The van der Waals surface area contributed by atoms with Crippen molar-refractivity contribution in [2.45, 2.75) is 59.0 Å². The number of aromatic nitrogens is 2. The average molecular weight is 316 g/mol. The second-order valence-corrected chi connectivity index (χ2v) is 7.57. The fourth-order valence-corrected chi connectivity index (χ4v) is 4.30. The van der Waals surface area contributed by atoms with Crippen LogP contribution in [0.15, 0.2) is 12.4 Å². The minimum absolute atomic E-state index is 0.184. The van der Waals surface area contributed by atoms with Crippen molar-refractivity contribution >= 4 is 5.91 Å². The Morgan fingerprint density at radius 2 is 2.13 bits per heavy atom. The molecule has 2 unspecified atom stereocenters. The van der Waals surface area contributed by atoms with E-state index in [4.69, 9.17) is 0 Å². The minimum Gasteiger partial charge on any atom is -0.354 e. The van der Waals surface area contributed by atoms with E-state index in [-0.39, 0.29) is 23.3 Å². The first kappa shape index (κ1) is 16.4. The number of amides is 1. The van der Waals surface area contributed by atoms with E-state index in [9.17, 15) is 4.79 Å². The smallest absolute Gasteiger partial charge is 0.223 e. The number of nitrogens with zero attached hydrogens (tertiary/aromatic N) is 3. The van der Waals surface area contributed by atoms with Gasteiger partial charge in [0.15, 0.2) is 0 Å². The highest BCUT2D eigenvalue weighted by molar-refractivity contribution is 5.80. The molecule has 1 saturated heterocycles. The first-order chi connectivity index (χ1) is 11.0.